The van der Waals surface area contributed by atoms with Crippen molar-refractivity contribution in [2.24, 2.45) is 0 Å². The molecule has 0 fully saturated rings. The van der Waals surface area contributed by atoms with Crippen LogP contribution in [0.4, 0.5) is 0 Å². The number of carbonyl (C=O) groups is 2. The summed E-state index contributed by atoms with van der Waals surface area (Å²) in [5, 5.41) is 0.783. The quantitative estimate of drug-likeness (QED) is 0.299. The zero-order valence-electron chi connectivity index (χ0n) is 19.9. The lowest BCUT2D eigenvalue weighted by Gasteiger charge is -2.12. The Labute approximate surface area is 203 Å². The molecule has 2 aromatic carbocycles. The van der Waals surface area contributed by atoms with E-state index in [-0.39, 0.29) is 30.8 Å². The number of ketones is 2. The predicted molar refractivity (Wildman–Crippen MR) is 132 cm³/mol. The molecule has 4 rings (SSSR count). The zero-order chi connectivity index (χ0) is 24.8. The first-order valence-corrected chi connectivity index (χ1v) is 11.2. The number of carbonyl (C=O) groups excluding carboxylic acids is 2. The Balaban J connectivity index is 1.40. The Hall–Kier alpha value is -4.26. The maximum absolute atomic E-state index is 12.4. The minimum Gasteiger partial charge on any atom is -0.493 e. The van der Waals surface area contributed by atoms with Gasteiger partial charge in [0.2, 0.25) is 0 Å². The van der Waals surface area contributed by atoms with Crippen LogP contribution in [0.3, 0.4) is 0 Å². The van der Waals surface area contributed by atoms with Crippen molar-refractivity contribution in [1.82, 2.24) is 9.97 Å². The Morgan fingerprint density at radius 2 is 1.46 bits per heavy atom. The van der Waals surface area contributed by atoms with Crippen LogP contribution in [0.1, 0.15) is 23.2 Å². The summed E-state index contributed by atoms with van der Waals surface area (Å²) in [5.41, 5.74) is 3.25. The minimum absolute atomic E-state index is 0.109. The maximum Gasteiger partial charge on any atom is 0.162 e. The lowest BCUT2D eigenvalue weighted by atomic mass is 10.0. The molecule has 7 nitrogen and oxygen atoms in total. The predicted octanol–water partition coefficient (Wildman–Crippen LogP) is 5.06. The molecule has 0 atom stereocenters. The van der Waals surface area contributed by atoms with E-state index in [1.54, 1.807) is 50.9 Å². The van der Waals surface area contributed by atoms with Crippen molar-refractivity contribution >= 4 is 22.5 Å². The Morgan fingerprint density at radius 3 is 2.17 bits per heavy atom. The largest absolute Gasteiger partial charge is 0.493 e. The molecule has 178 valence electrons. The number of hydrogen-bond donors (Lipinski definition) is 0. The third kappa shape index (κ3) is 6.00. The second-order valence-electron chi connectivity index (χ2n) is 8.21. The molecule has 0 saturated heterocycles. The summed E-state index contributed by atoms with van der Waals surface area (Å²) < 4.78 is 16.8. The summed E-state index contributed by atoms with van der Waals surface area (Å²) in [4.78, 5) is 33.3. The first-order chi connectivity index (χ1) is 16.9. The average molecular weight is 471 g/mol. The molecule has 2 aromatic heterocycles. The maximum atomic E-state index is 12.4. The van der Waals surface area contributed by atoms with Crippen LogP contribution in [0, 0.1) is 6.92 Å². The van der Waals surface area contributed by atoms with E-state index in [0.717, 1.165) is 16.5 Å². The standard InChI is InChI=1S/C28H26N2O5/c1-18-8-10-29-20(12-18)14-22(32)15-21(31)13-19-4-6-23(7-5-19)35-26-9-11-30-25-17-28(34-3)27(33-2)16-24(25)26/h4-12,16-17H,13-15H2,1-3H3. The number of hydrogen-bond acceptors (Lipinski definition) is 7. The number of aromatic nitrogens is 2. The van der Waals surface area contributed by atoms with Gasteiger partial charge in [-0.15, -0.1) is 0 Å². The third-order valence-corrected chi connectivity index (χ3v) is 5.50. The molecule has 0 unspecified atom stereocenters. The third-order valence-electron chi connectivity index (χ3n) is 5.50. The molecule has 35 heavy (non-hydrogen) atoms. The van der Waals surface area contributed by atoms with Crippen molar-refractivity contribution in [3.63, 3.8) is 0 Å². The Morgan fingerprint density at radius 1 is 0.771 bits per heavy atom. The lowest BCUT2D eigenvalue weighted by molar-refractivity contribution is -0.126. The molecule has 4 aromatic rings. The number of aryl methyl sites for hydroxylation is 1. The summed E-state index contributed by atoms with van der Waals surface area (Å²) in [5.74, 6) is 2.15. The van der Waals surface area contributed by atoms with Gasteiger partial charge in [0.1, 0.15) is 23.1 Å². The fourth-order valence-corrected chi connectivity index (χ4v) is 3.81. The van der Waals surface area contributed by atoms with Crippen molar-refractivity contribution in [3.05, 3.63) is 83.8 Å². The molecule has 0 spiro atoms. The van der Waals surface area contributed by atoms with Gasteiger partial charge >= 0.3 is 0 Å². The molecule has 0 radical (unpaired) electrons. The molecular formula is C28H26N2O5. The number of benzene rings is 2. The van der Waals surface area contributed by atoms with Crippen LogP contribution in [0.5, 0.6) is 23.0 Å². The zero-order valence-corrected chi connectivity index (χ0v) is 19.9. The van der Waals surface area contributed by atoms with Crippen molar-refractivity contribution in [1.29, 1.82) is 0 Å². The lowest BCUT2D eigenvalue weighted by Crippen LogP contribution is -2.13. The first kappa shape index (κ1) is 23.9. The van der Waals surface area contributed by atoms with Gasteiger partial charge in [-0.3, -0.25) is 19.6 Å². The molecular weight excluding hydrogens is 444 g/mol. The molecule has 0 aliphatic heterocycles. The van der Waals surface area contributed by atoms with Gasteiger partial charge in [-0.1, -0.05) is 12.1 Å². The SMILES string of the molecule is COc1cc2nccc(Oc3ccc(CC(=O)CC(=O)Cc4cc(C)ccn4)cc3)c2cc1OC. The molecule has 0 saturated carbocycles. The monoisotopic (exact) mass is 470 g/mol. The van der Waals surface area contributed by atoms with Crippen LogP contribution in [0.15, 0.2) is 67.0 Å². The van der Waals surface area contributed by atoms with Gasteiger partial charge in [-0.05, 0) is 54.4 Å². The van der Waals surface area contributed by atoms with Crippen molar-refractivity contribution in [2.45, 2.75) is 26.2 Å². The van der Waals surface area contributed by atoms with E-state index in [1.165, 1.54) is 0 Å². The van der Waals surface area contributed by atoms with Gasteiger partial charge in [0.25, 0.3) is 0 Å². The highest BCUT2D eigenvalue weighted by Gasteiger charge is 2.14. The van der Waals surface area contributed by atoms with Crippen LogP contribution in [-0.4, -0.2) is 35.8 Å². The second kappa shape index (κ2) is 10.8. The van der Waals surface area contributed by atoms with Crippen LogP contribution in [0.2, 0.25) is 0 Å². The first-order valence-electron chi connectivity index (χ1n) is 11.2. The normalized spacial score (nSPS) is 10.7. The molecule has 0 bridgehead atoms. The molecule has 0 aliphatic rings. The number of pyridine rings is 2. The fraction of sp³-hybridized carbons (Fsp3) is 0.214. The van der Waals surface area contributed by atoms with Gasteiger partial charge in [0, 0.05) is 42.4 Å². The molecule has 0 N–H and O–H groups in total. The summed E-state index contributed by atoms with van der Waals surface area (Å²) in [6, 6.07) is 16.4. The van der Waals surface area contributed by atoms with Gasteiger partial charge < -0.3 is 14.2 Å². The van der Waals surface area contributed by atoms with Gasteiger partial charge in [0.15, 0.2) is 11.5 Å². The van der Waals surface area contributed by atoms with E-state index >= 15 is 0 Å². The summed E-state index contributed by atoms with van der Waals surface area (Å²) in [6.45, 7) is 1.94. The highest BCUT2D eigenvalue weighted by Crippen LogP contribution is 2.36. The highest BCUT2D eigenvalue weighted by atomic mass is 16.5. The minimum atomic E-state index is -0.135. The van der Waals surface area contributed by atoms with E-state index in [4.69, 9.17) is 14.2 Å². The van der Waals surface area contributed by atoms with E-state index < -0.39 is 0 Å². The van der Waals surface area contributed by atoms with Crippen molar-refractivity contribution < 1.29 is 23.8 Å². The van der Waals surface area contributed by atoms with Crippen LogP contribution < -0.4 is 14.2 Å². The highest BCUT2D eigenvalue weighted by molar-refractivity contribution is 6.00. The van der Waals surface area contributed by atoms with E-state index in [9.17, 15) is 9.59 Å². The van der Waals surface area contributed by atoms with Crippen LogP contribution in [-0.2, 0) is 22.4 Å². The van der Waals surface area contributed by atoms with Crippen LogP contribution >= 0.6 is 0 Å². The smallest absolute Gasteiger partial charge is 0.162 e. The van der Waals surface area contributed by atoms with E-state index in [1.807, 2.05) is 37.3 Å². The fourth-order valence-electron chi connectivity index (χ4n) is 3.81. The van der Waals surface area contributed by atoms with Crippen LogP contribution in [0.25, 0.3) is 10.9 Å². The number of methoxy groups -OCH3 is 2. The van der Waals surface area contributed by atoms with Crippen molar-refractivity contribution in [2.75, 3.05) is 14.2 Å². The Bertz CT molecular complexity index is 1370. The Kier molecular flexibility index (Phi) is 7.35. The number of fused-ring (bicyclic) bond motifs is 1. The number of ether oxygens (including phenoxy) is 3. The second-order valence-corrected chi connectivity index (χ2v) is 8.21. The van der Waals surface area contributed by atoms with Gasteiger partial charge in [-0.2, -0.15) is 0 Å². The average Bonchev–Trinajstić information content (AvgIpc) is 2.84. The summed E-state index contributed by atoms with van der Waals surface area (Å²) >= 11 is 0. The molecule has 2 heterocycles. The summed E-state index contributed by atoms with van der Waals surface area (Å²) in [7, 11) is 3.15. The van der Waals surface area contributed by atoms with E-state index in [2.05, 4.69) is 9.97 Å². The number of rotatable bonds is 10. The van der Waals surface area contributed by atoms with Crippen molar-refractivity contribution in [3.8, 4) is 23.0 Å². The summed E-state index contributed by atoms with van der Waals surface area (Å²) in [6.07, 6.45) is 3.58. The van der Waals surface area contributed by atoms with Gasteiger partial charge in [0.05, 0.1) is 26.2 Å². The molecule has 7 heteroatoms. The molecule has 0 amide bonds. The number of nitrogens with zero attached hydrogens (tertiary/aromatic N) is 2. The van der Waals surface area contributed by atoms with Gasteiger partial charge in [-0.25, -0.2) is 0 Å². The number of Topliss-reactive ketones (excluding diaryl/α,β-unsaturated/α-hetero) is 2. The topological polar surface area (TPSA) is 87.6 Å². The molecule has 0 aliphatic carbocycles. The van der Waals surface area contributed by atoms with E-state index in [0.29, 0.717) is 34.2 Å².